The van der Waals surface area contributed by atoms with Crippen LogP contribution >= 0.6 is 11.6 Å². The summed E-state index contributed by atoms with van der Waals surface area (Å²) >= 11 is 6.04. The van der Waals surface area contributed by atoms with Gasteiger partial charge in [0.1, 0.15) is 12.2 Å². The molecule has 0 N–H and O–H groups in total. The number of ether oxygens (including phenoxy) is 2. The summed E-state index contributed by atoms with van der Waals surface area (Å²) in [5.41, 5.74) is 3.51. The second-order valence-corrected chi connectivity index (χ2v) is 10.2. The van der Waals surface area contributed by atoms with E-state index in [9.17, 15) is 4.79 Å². The molecule has 0 aliphatic rings. The average molecular weight is 590 g/mol. The van der Waals surface area contributed by atoms with Crippen molar-refractivity contribution in [2.75, 3.05) is 6.61 Å². The molecule has 214 valence electrons. The molecule has 4 aromatic carbocycles. The van der Waals surface area contributed by atoms with Crippen molar-refractivity contribution in [3.63, 3.8) is 0 Å². The van der Waals surface area contributed by atoms with Crippen LogP contribution in [0.5, 0.6) is 11.5 Å². The third-order valence-electron chi connectivity index (χ3n) is 6.84. The van der Waals surface area contributed by atoms with E-state index in [-0.39, 0.29) is 5.56 Å². The highest BCUT2D eigenvalue weighted by atomic mass is 35.5. The van der Waals surface area contributed by atoms with Crippen LogP contribution in [0, 0.1) is 0 Å². The van der Waals surface area contributed by atoms with E-state index in [4.69, 9.17) is 30.5 Å². The van der Waals surface area contributed by atoms with Gasteiger partial charge in [0, 0.05) is 16.0 Å². The number of rotatable bonds is 10. The fraction of sp³-hybridized carbons (Fsp3) is 0.114. The number of furan rings is 1. The van der Waals surface area contributed by atoms with Gasteiger partial charge < -0.3 is 13.9 Å². The molecule has 0 saturated carbocycles. The third-order valence-corrected chi connectivity index (χ3v) is 7.09. The number of fused-ring (bicyclic) bond motifs is 2. The van der Waals surface area contributed by atoms with Gasteiger partial charge in [-0.15, -0.1) is 6.58 Å². The van der Waals surface area contributed by atoms with E-state index < -0.39 is 0 Å². The molecule has 0 aliphatic carbocycles. The van der Waals surface area contributed by atoms with E-state index in [0.29, 0.717) is 64.2 Å². The first-order valence-electron chi connectivity index (χ1n) is 13.9. The minimum absolute atomic E-state index is 0.301. The number of hydrogen-bond acceptors (Lipinski definition) is 6. The monoisotopic (exact) mass is 589 g/mol. The summed E-state index contributed by atoms with van der Waals surface area (Å²) < 4.78 is 19.6. The summed E-state index contributed by atoms with van der Waals surface area (Å²) in [5.74, 6) is 1.94. The quantitative estimate of drug-likeness (QED) is 0.119. The van der Waals surface area contributed by atoms with E-state index in [2.05, 4.69) is 11.7 Å². The lowest BCUT2D eigenvalue weighted by molar-refractivity contribution is 0.267. The number of benzene rings is 4. The Morgan fingerprint density at radius 1 is 1.00 bits per heavy atom. The van der Waals surface area contributed by atoms with Crippen molar-refractivity contribution in [3.05, 3.63) is 136 Å². The van der Waals surface area contributed by atoms with Crippen LogP contribution in [0.1, 0.15) is 23.6 Å². The molecule has 0 fully saturated rings. The molecule has 7 nitrogen and oxygen atoms in total. The SMILES string of the molecule is C=CCc1cc(C=Nn2c(-c3cc4ccccc4o3)nc3ccccc3c2=O)cc(OCC)c1OCc1ccc(Cl)cc1. The molecule has 2 heterocycles. The summed E-state index contributed by atoms with van der Waals surface area (Å²) in [5, 5.41) is 6.65. The smallest absolute Gasteiger partial charge is 0.282 e. The maximum atomic E-state index is 13.7. The Kier molecular flexibility index (Phi) is 8.07. The van der Waals surface area contributed by atoms with Crippen molar-refractivity contribution in [1.82, 2.24) is 9.66 Å². The third kappa shape index (κ3) is 5.94. The first kappa shape index (κ1) is 28.0. The van der Waals surface area contributed by atoms with Gasteiger partial charge in [-0.2, -0.15) is 9.78 Å². The second-order valence-electron chi connectivity index (χ2n) is 9.81. The minimum Gasteiger partial charge on any atom is -0.490 e. The predicted octanol–water partition coefficient (Wildman–Crippen LogP) is 8.05. The molecule has 0 amide bonds. The van der Waals surface area contributed by atoms with E-state index >= 15 is 0 Å². The van der Waals surface area contributed by atoms with Gasteiger partial charge in [0.25, 0.3) is 5.56 Å². The molecule has 0 aliphatic heterocycles. The summed E-state index contributed by atoms with van der Waals surface area (Å²) in [7, 11) is 0. The Morgan fingerprint density at radius 2 is 1.79 bits per heavy atom. The molecular weight excluding hydrogens is 562 g/mol. The summed E-state index contributed by atoms with van der Waals surface area (Å²) in [4.78, 5) is 18.5. The first-order chi connectivity index (χ1) is 21.0. The van der Waals surface area contributed by atoms with Crippen molar-refractivity contribution < 1.29 is 13.9 Å². The summed E-state index contributed by atoms with van der Waals surface area (Å²) in [6.45, 7) is 6.61. The molecule has 0 atom stereocenters. The van der Waals surface area contributed by atoms with Crippen LogP contribution < -0.4 is 15.0 Å². The van der Waals surface area contributed by atoms with E-state index in [0.717, 1.165) is 22.1 Å². The maximum Gasteiger partial charge on any atom is 0.282 e. The Morgan fingerprint density at radius 3 is 2.58 bits per heavy atom. The minimum atomic E-state index is -0.309. The molecular formula is C35H28ClN3O4. The normalized spacial score (nSPS) is 11.4. The Bertz CT molecular complexity index is 1990. The molecule has 6 aromatic rings. The van der Waals surface area contributed by atoms with Crippen molar-refractivity contribution in [2.24, 2.45) is 5.10 Å². The van der Waals surface area contributed by atoms with Gasteiger partial charge in [0.15, 0.2) is 17.3 Å². The highest BCUT2D eigenvalue weighted by Crippen LogP contribution is 2.34. The standard InChI is InChI=1S/C35H28ClN3O4/c1-3-9-26-18-24(19-31(41-4-2)33(26)42-22-23-14-16-27(36)17-15-23)21-37-39-34(32-20-25-10-5-8-13-30(25)43-32)38-29-12-7-6-11-28(29)35(39)40/h3,5-8,10-21H,1,4,9,22H2,2H3. The van der Waals surface area contributed by atoms with Crippen LogP contribution in [0.4, 0.5) is 0 Å². The molecule has 0 radical (unpaired) electrons. The number of halogens is 1. The van der Waals surface area contributed by atoms with Crippen LogP contribution in [0.3, 0.4) is 0 Å². The van der Waals surface area contributed by atoms with Crippen molar-refractivity contribution in [2.45, 2.75) is 20.0 Å². The zero-order valence-electron chi connectivity index (χ0n) is 23.5. The van der Waals surface area contributed by atoms with E-state index in [1.54, 1.807) is 30.5 Å². The van der Waals surface area contributed by atoms with Gasteiger partial charge in [0.2, 0.25) is 5.82 Å². The highest BCUT2D eigenvalue weighted by molar-refractivity contribution is 6.30. The van der Waals surface area contributed by atoms with E-state index in [1.165, 1.54) is 4.68 Å². The van der Waals surface area contributed by atoms with Gasteiger partial charge >= 0.3 is 0 Å². The number of para-hydroxylation sites is 2. The number of aromatic nitrogens is 2. The number of allylic oxidation sites excluding steroid dienone is 1. The van der Waals surface area contributed by atoms with Crippen LogP contribution in [0.15, 0.2) is 118 Å². The topological polar surface area (TPSA) is 78.9 Å². The van der Waals surface area contributed by atoms with Gasteiger partial charge in [0.05, 0.1) is 23.7 Å². The molecule has 43 heavy (non-hydrogen) atoms. The molecule has 0 unspecified atom stereocenters. The van der Waals surface area contributed by atoms with E-state index in [1.807, 2.05) is 79.7 Å². The fourth-order valence-electron chi connectivity index (χ4n) is 4.83. The van der Waals surface area contributed by atoms with Gasteiger partial charge in [-0.3, -0.25) is 4.79 Å². The predicted molar refractivity (Wildman–Crippen MR) is 171 cm³/mol. The molecule has 8 heteroatoms. The number of hydrogen-bond donors (Lipinski definition) is 0. The van der Waals surface area contributed by atoms with Crippen LogP contribution in [0.25, 0.3) is 33.5 Å². The Balaban J connectivity index is 1.43. The van der Waals surface area contributed by atoms with Crippen molar-refractivity contribution in [1.29, 1.82) is 0 Å². The second kappa shape index (κ2) is 12.4. The lowest BCUT2D eigenvalue weighted by atomic mass is 10.1. The zero-order valence-corrected chi connectivity index (χ0v) is 24.3. The lowest BCUT2D eigenvalue weighted by Gasteiger charge is -2.17. The zero-order chi connectivity index (χ0) is 29.8. The summed E-state index contributed by atoms with van der Waals surface area (Å²) in [6.07, 6.45) is 3.96. The molecule has 6 rings (SSSR count). The van der Waals surface area contributed by atoms with Crippen LogP contribution in [0.2, 0.25) is 5.02 Å². The van der Waals surface area contributed by atoms with Gasteiger partial charge in [-0.1, -0.05) is 60.1 Å². The fourth-order valence-corrected chi connectivity index (χ4v) is 4.96. The summed E-state index contributed by atoms with van der Waals surface area (Å²) in [6, 6.07) is 28.0. The highest BCUT2D eigenvalue weighted by Gasteiger charge is 2.17. The van der Waals surface area contributed by atoms with Gasteiger partial charge in [-0.05, 0) is 73.0 Å². The first-order valence-corrected chi connectivity index (χ1v) is 14.2. The Labute approximate surface area is 253 Å². The van der Waals surface area contributed by atoms with Crippen LogP contribution in [-0.2, 0) is 13.0 Å². The number of nitrogens with zero attached hydrogens (tertiary/aromatic N) is 3. The van der Waals surface area contributed by atoms with Gasteiger partial charge in [-0.25, -0.2) is 4.98 Å². The van der Waals surface area contributed by atoms with Crippen LogP contribution in [-0.4, -0.2) is 22.5 Å². The molecule has 0 spiro atoms. The molecule has 0 bridgehead atoms. The lowest BCUT2D eigenvalue weighted by Crippen LogP contribution is -2.20. The Hall–Kier alpha value is -5.14. The largest absolute Gasteiger partial charge is 0.490 e. The molecule has 0 saturated heterocycles. The maximum absolute atomic E-state index is 13.7. The van der Waals surface area contributed by atoms with Crippen molar-refractivity contribution >= 4 is 39.7 Å². The average Bonchev–Trinajstić information content (AvgIpc) is 3.46. The van der Waals surface area contributed by atoms with Crippen molar-refractivity contribution in [3.8, 4) is 23.1 Å². The molecule has 2 aromatic heterocycles.